The molecule has 0 heterocycles. The van der Waals surface area contributed by atoms with E-state index in [0.29, 0.717) is 13.0 Å². The molecule has 2 N–H and O–H groups in total. The lowest BCUT2D eigenvalue weighted by atomic mass is 9.96. The van der Waals surface area contributed by atoms with E-state index in [1.165, 1.54) is 0 Å². The number of benzene rings is 2. The summed E-state index contributed by atoms with van der Waals surface area (Å²) in [7, 11) is 0. The van der Waals surface area contributed by atoms with Gasteiger partial charge in [0, 0.05) is 12.6 Å². The third-order valence-electron chi connectivity index (χ3n) is 6.12. The lowest BCUT2D eigenvalue weighted by Crippen LogP contribution is -2.57. The maximum Gasteiger partial charge on any atom is 0.408 e. The summed E-state index contributed by atoms with van der Waals surface area (Å²) in [6, 6.07) is 15.3. The molecule has 0 aliphatic heterocycles. The van der Waals surface area contributed by atoms with E-state index < -0.39 is 23.8 Å². The van der Waals surface area contributed by atoms with Gasteiger partial charge in [0.1, 0.15) is 17.7 Å². The van der Waals surface area contributed by atoms with Crippen molar-refractivity contribution in [1.29, 1.82) is 0 Å². The largest absolute Gasteiger partial charge is 0.444 e. The number of alkyl carbamates (subject to hydrolysis) is 1. The van der Waals surface area contributed by atoms with Gasteiger partial charge in [0.05, 0.1) is 0 Å². The van der Waals surface area contributed by atoms with Crippen LogP contribution in [-0.4, -0.2) is 40.5 Å². The summed E-state index contributed by atoms with van der Waals surface area (Å²) in [6.45, 7) is 15.3. The van der Waals surface area contributed by atoms with Crippen LogP contribution in [0.1, 0.15) is 77.6 Å². The first-order chi connectivity index (χ1) is 17.3. The highest BCUT2D eigenvalue weighted by molar-refractivity contribution is 5.92. The number of nitrogens with zero attached hydrogens (tertiary/aromatic N) is 1. The van der Waals surface area contributed by atoms with Crippen molar-refractivity contribution in [3.63, 3.8) is 0 Å². The molecule has 0 spiro atoms. The zero-order chi connectivity index (χ0) is 27.8. The van der Waals surface area contributed by atoms with Crippen LogP contribution in [0.4, 0.5) is 4.79 Å². The summed E-state index contributed by atoms with van der Waals surface area (Å²) in [5.74, 6) is -0.823. The van der Waals surface area contributed by atoms with Gasteiger partial charge in [-0.25, -0.2) is 4.79 Å². The van der Waals surface area contributed by atoms with Crippen molar-refractivity contribution in [3.05, 3.63) is 71.3 Å². The first kappa shape index (κ1) is 29.9. The van der Waals surface area contributed by atoms with Crippen molar-refractivity contribution in [1.82, 2.24) is 15.5 Å². The number of ether oxygens (including phenoxy) is 1. The van der Waals surface area contributed by atoms with Crippen LogP contribution in [0.15, 0.2) is 54.6 Å². The Bertz CT molecular complexity index is 1050. The van der Waals surface area contributed by atoms with Crippen LogP contribution in [0, 0.1) is 12.8 Å². The molecule has 0 saturated carbocycles. The topological polar surface area (TPSA) is 87.7 Å². The number of amides is 3. The highest BCUT2D eigenvalue weighted by Crippen LogP contribution is 2.28. The minimum Gasteiger partial charge on any atom is -0.444 e. The van der Waals surface area contributed by atoms with Gasteiger partial charge in [-0.3, -0.25) is 9.59 Å². The van der Waals surface area contributed by atoms with Gasteiger partial charge < -0.3 is 20.3 Å². The maximum atomic E-state index is 14.1. The molecule has 3 atom stereocenters. The molecule has 3 unspecified atom stereocenters. The van der Waals surface area contributed by atoms with Gasteiger partial charge in [-0.15, -0.1) is 0 Å². The van der Waals surface area contributed by atoms with E-state index in [1.54, 1.807) is 25.7 Å². The molecule has 202 valence electrons. The molecule has 37 heavy (non-hydrogen) atoms. The van der Waals surface area contributed by atoms with Crippen LogP contribution < -0.4 is 10.6 Å². The van der Waals surface area contributed by atoms with Crippen LogP contribution >= 0.6 is 0 Å². The second-order valence-electron chi connectivity index (χ2n) is 10.9. The number of hydrogen-bond acceptors (Lipinski definition) is 4. The normalized spacial score (nSPS) is 13.9. The molecule has 0 fully saturated rings. The molecular weight excluding hydrogens is 466 g/mol. The SMILES string of the molecule is CCC(C)N(C(=O)C(NC(=O)OC(C)(C)C)C(C)C)C(C(=O)NCc1ccccc1)c1cccc(C)c1. The van der Waals surface area contributed by atoms with Crippen LogP contribution in [0.3, 0.4) is 0 Å². The molecule has 2 aromatic rings. The predicted octanol–water partition coefficient (Wildman–Crippen LogP) is 5.53. The molecular formula is C30H43N3O4. The van der Waals surface area contributed by atoms with Crippen LogP contribution in [0.25, 0.3) is 0 Å². The van der Waals surface area contributed by atoms with Crippen molar-refractivity contribution in [2.75, 3.05) is 0 Å². The second-order valence-corrected chi connectivity index (χ2v) is 10.9. The molecule has 0 saturated heterocycles. The Morgan fingerprint density at radius 2 is 1.62 bits per heavy atom. The van der Waals surface area contributed by atoms with Crippen molar-refractivity contribution < 1.29 is 19.1 Å². The Kier molecular flexibility index (Phi) is 10.7. The van der Waals surface area contributed by atoms with E-state index in [1.807, 2.05) is 89.2 Å². The molecule has 0 aliphatic rings. The molecule has 0 radical (unpaired) electrons. The maximum absolute atomic E-state index is 14.1. The van der Waals surface area contributed by atoms with Gasteiger partial charge in [-0.2, -0.15) is 0 Å². The predicted molar refractivity (Wildman–Crippen MR) is 147 cm³/mol. The van der Waals surface area contributed by atoms with E-state index >= 15 is 0 Å². The number of nitrogens with one attached hydrogen (secondary N) is 2. The van der Waals surface area contributed by atoms with Crippen LogP contribution in [0.2, 0.25) is 0 Å². The van der Waals surface area contributed by atoms with Crippen molar-refractivity contribution in [2.24, 2.45) is 5.92 Å². The first-order valence-electron chi connectivity index (χ1n) is 13.0. The van der Waals surface area contributed by atoms with Gasteiger partial charge >= 0.3 is 6.09 Å². The fourth-order valence-corrected chi connectivity index (χ4v) is 4.06. The van der Waals surface area contributed by atoms with Gasteiger partial charge in [0.15, 0.2) is 0 Å². The lowest BCUT2D eigenvalue weighted by molar-refractivity contribution is -0.146. The van der Waals surface area contributed by atoms with Gasteiger partial charge in [0.2, 0.25) is 11.8 Å². The van der Waals surface area contributed by atoms with Gasteiger partial charge in [0.25, 0.3) is 0 Å². The Morgan fingerprint density at radius 3 is 2.16 bits per heavy atom. The minimum atomic E-state index is -0.868. The summed E-state index contributed by atoms with van der Waals surface area (Å²) in [5.41, 5.74) is 1.97. The number of rotatable bonds is 10. The third-order valence-corrected chi connectivity index (χ3v) is 6.12. The molecule has 3 amide bonds. The molecule has 2 rings (SSSR count). The van der Waals surface area contributed by atoms with Gasteiger partial charge in [-0.05, 0) is 58.1 Å². The van der Waals surface area contributed by atoms with Crippen molar-refractivity contribution in [2.45, 2.75) is 92.1 Å². The second kappa shape index (κ2) is 13.3. The Labute approximate surface area is 222 Å². The number of aryl methyl sites for hydroxylation is 1. The van der Waals surface area contributed by atoms with Crippen LogP contribution in [0.5, 0.6) is 0 Å². The van der Waals surface area contributed by atoms with Gasteiger partial charge in [-0.1, -0.05) is 80.9 Å². The average molecular weight is 510 g/mol. The standard InChI is InChI=1S/C30H43N3O4/c1-9-22(5)33(28(35)25(20(2)3)32-29(36)37-30(6,7)8)26(24-17-13-14-21(4)18-24)27(34)31-19-23-15-11-10-12-16-23/h10-18,20,22,25-26H,9,19H2,1-8H3,(H,31,34)(H,32,36). The van der Waals surface area contributed by atoms with E-state index in [-0.39, 0.29) is 23.8 Å². The first-order valence-corrected chi connectivity index (χ1v) is 13.0. The summed E-state index contributed by atoms with van der Waals surface area (Å²) in [4.78, 5) is 42.2. The molecule has 0 aromatic heterocycles. The molecule has 2 aromatic carbocycles. The average Bonchev–Trinajstić information content (AvgIpc) is 2.82. The van der Waals surface area contributed by atoms with E-state index in [2.05, 4.69) is 10.6 Å². The zero-order valence-electron chi connectivity index (χ0n) is 23.5. The highest BCUT2D eigenvalue weighted by Gasteiger charge is 2.39. The quantitative estimate of drug-likeness (QED) is 0.441. The van der Waals surface area contributed by atoms with Crippen molar-refractivity contribution in [3.8, 4) is 0 Å². The van der Waals surface area contributed by atoms with E-state index in [0.717, 1.165) is 16.7 Å². The Balaban J connectivity index is 2.48. The smallest absolute Gasteiger partial charge is 0.408 e. The number of hydrogen-bond donors (Lipinski definition) is 2. The lowest BCUT2D eigenvalue weighted by Gasteiger charge is -2.39. The Morgan fingerprint density at radius 1 is 0.973 bits per heavy atom. The van der Waals surface area contributed by atoms with Crippen molar-refractivity contribution >= 4 is 17.9 Å². The third kappa shape index (κ3) is 8.92. The van der Waals surface area contributed by atoms with E-state index in [4.69, 9.17) is 4.74 Å². The van der Waals surface area contributed by atoms with Crippen LogP contribution in [-0.2, 0) is 20.9 Å². The number of carbonyl (C=O) groups is 3. The fourth-order valence-electron chi connectivity index (χ4n) is 4.06. The molecule has 0 bridgehead atoms. The number of carbonyl (C=O) groups excluding carboxylic acids is 3. The Hall–Kier alpha value is -3.35. The molecule has 7 nitrogen and oxygen atoms in total. The molecule has 0 aliphatic carbocycles. The minimum absolute atomic E-state index is 0.225. The highest BCUT2D eigenvalue weighted by atomic mass is 16.6. The monoisotopic (exact) mass is 509 g/mol. The summed E-state index contributed by atoms with van der Waals surface area (Å²) >= 11 is 0. The zero-order valence-corrected chi connectivity index (χ0v) is 23.5. The summed E-state index contributed by atoms with van der Waals surface area (Å²) in [5, 5.41) is 5.79. The summed E-state index contributed by atoms with van der Waals surface area (Å²) in [6.07, 6.45) is -0.0265. The fraction of sp³-hybridized carbons (Fsp3) is 0.500. The van der Waals surface area contributed by atoms with E-state index in [9.17, 15) is 14.4 Å². The summed E-state index contributed by atoms with van der Waals surface area (Å²) < 4.78 is 5.43. The molecule has 7 heteroatoms.